The fourth-order valence-electron chi connectivity index (χ4n) is 2.68. The van der Waals surface area contributed by atoms with Gasteiger partial charge in [-0.15, -0.1) is 0 Å². The van der Waals surface area contributed by atoms with Gasteiger partial charge in [0.15, 0.2) is 5.03 Å². The van der Waals surface area contributed by atoms with E-state index >= 15 is 0 Å². The van der Waals surface area contributed by atoms with Gasteiger partial charge in [-0.3, -0.25) is 5.10 Å². The van der Waals surface area contributed by atoms with Gasteiger partial charge in [0.2, 0.25) is 0 Å². The van der Waals surface area contributed by atoms with Crippen LogP contribution in [0.25, 0.3) is 0 Å². The van der Waals surface area contributed by atoms with Crippen LogP contribution in [0.3, 0.4) is 0 Å². The molecular weight excluding hydrogens is 288 g/mol. The van der Waals surface area contributed by atoms with Crippen LogP contribution in [0.15, 0.2) is 35.5 Å². The smallest absolute Gasteiger partial charge is 0.257 e. The van der Waals surface area contributed by atoms with Gasteiger partial charge in [-0.25, -0.2) is 13.1 Å². The van der Waals surface area contributed by atoms with Crippen LogP contribution < -0.4 is 10.0 Å². The Balaban J connectivity index is 1.69. The largest absolute Gasteiger partial charge is 0.316 e. The Morgan fingerprint density at radius 1 is 1.38 bits per heavy atom. The molecule has 0 aliphatic heterocycles. The predicted molar refractivity (Wildman–Crippen MR) is 79.4 cm³/mol. The molecule has 0 saturated carbocycles. The molecule has 0 fully saturated rings. The average Bonchev–Trinajstić information content (AvgIpc) is 2.89. The number of rotatable bonds is 6. The maximum Gasteiger partial charge on any atom is 0.257 e. The Kier molecular flexibility index (Phi) is 3.79. The highest BCUT2D eigenvalue weighted by atomic mass is 32.2. The normalized spacial score (nSPS) is 17.3. The second-order valence-corrected chi connectivity index (χ2v) is 6.91. The van der Waals surface area contributed by atoms with Crippen molar-refractivity contribution < 1.29 is 8.42 Å². The number of fused-ring (bicyclic) bond motifs is 1. The summed E-state index contributed by atoms with van der Waals surface area (Å²) in [5.74, 6) is 0.256. The van der Waals surface area contributed by atoms with Crippen molar-refractivity contribution in [1.29, 1.82) is 0 Å². The molecular formula is C14H18N4O2S. The van der Waals surface area contributed by atoms with E-state index in [-0.39, 0.29) is 10.9 Å². The molecule has 1 unspecified atom stereocenters. The van der Waals surface area contributed by atoms with E-state index < -0.39 is 10.0 Å². The summed E-state index contributed by atoms with van der Waals surface area (Å²) in [6.07, 6.45) is 2.45. The van der Waals surface area contributed by atoms with E-state index in [1.165, 1.54) is 17.3 Å². The summed E-state index contributed by atoms with van der Waals surface area (Å²) in [5, 5.41) is 9.46. The number of nitrogens with zero attached hydrogens (tertiary/aromatic N) is 1. The molecule has 21 heavy (non-hydrogen) atoms. The lowest BCUT2D eigenvalue weighted by Crippen LogP contribution is -2.33. The Morgan fingerprint density at radius 2 is 2.19 bits per heavy atom. The highest BCUT2D eigenvalue weighted by Gasteiger charge is 2.28. The molecule has 1 aromatic heterocycles. The predicted octanol–water partition coefficient (Wildman–Crippen LogP) is 0.747. The number of nitrogens with one attached hydrogen (secondary N) is 3. The third-order valence-corrected chi connectivity index (χ3v) is 5.23. The maximum absolute atomic E-state index is 12.3. The molecule has 1 aliphatic rings. The summed E-state index contributed by atoms with van der Waals surface area (Å²) in [7, 11) is -1.79. The molecule has 6 nitrogen and oxygen atoms in total. The molecule has 1 atom stereocenters. The van der Waals surface area contributed by atoms with Gasteiger partial charge < -0.3 is 5.32 Å². The summed E-state index contributed by atoms with van der Waals surface area (Å²) in [6.45, 7) is 0.871. The fourth-order valence-corrected chi connectivity index (χ4v) is 3.88. The highest BCUT2D eigenvalue weighted by molar-refractivity contribution is 7.89. The van der Waals surface area contributed by atoms with E-state index in [9.17, 15) is 8.42 Å². The number of benzene rings is 1. The molecule has 1 heterocycles. The SMILES string of the molecule is CNCc1cn[nH]c1S(=O)(=O)NCC1Cc2ccccc21. The Bertz CT molecular complexity index is 739. The lowest BCUT2D eigenvalue weighted by molar-refractivity contribution is 0.547. The fraction of sp³-hybridized carbons (Fsp3) is 0.357. The molecule has 3 N–H and O–H groups in total. The Labute approximate surface area is 124 Å². The molecule has 1 aliphatic carbocycles. The van der Waals surface area contributed by atoms with Gasteiger partial charge in [0, 0.05) is 24.6 Å². The minimum absolute atomic E-state index is 0.143. The van der Waals surface area contributed by atoms with Crippen molar-refractivity contribution >= 4 is 10.0 Å². The molecule has 7 heteroatoms. The number of hydrogen-bond donors (Lipinski definition) is 3. The number of H-pyrrole nitrogens is 1. The van der Waals surface area contributed by atoms with E-state index in [0.717, 1.165) is 6.42 Å². The van der Waals surface area contributed by atoms with Crippen molar-refractivity contribution in [3.8, 4) is 0 Å². The van der Waals surface area contributed by atoms with Gasteiger partial charge >= 0.3 is 0 Å². The molecule has 112 valence electrons. The Hall–Kier alpha value is -1.70. The number of hydrogen-bond acceptors (Lipinski definition) is 4. The quantitative estimate of drug-likeness (QED) is 0.735. The van der Waals surface area contributed by atoms with Crippen molar-refractivity contribution in [1.82, 2.24) is 20.2 Å². The highest BCUT2D eigenvalue weighted by Crippen LogP contribution is 2.34. The van der Waals surface area contributed by atoms with E-state index in [0.29, 0.717) is 18.7 Å². The second-order valence-electron chi connectivity index (χ2n) is 5.21. The zero-order valence-electron chi connectivity index (χ0n) is 11.8. The lowest BCUT2D eigenvalue weighted by Gasteiger charge is -2.30. The van der Waals surface area contributed by atoms with E-state index in [1.54, 1.807) is 7.05 Å². The molecule has 3 rings (SSSR count). The number of aromatic amines is 1. The van der Waals surface area contributed by atoms with Crippen LogP contribution in [0, 0.1) is 0 Å². The second kappa shape index (κ2) is 5.59. The van der Waals surface area contributed by atoms with Crippen LogP contribution in [0.4, 0.5) is 0 Å². The van der Waals surface area contributed by atoms with Crippen molar-refractivity contribution in [3.63, 3.8) is 0 Å². The number of sulfonamides is 1. The average molecular weight is 306 g/mol. The monoisotopic (exact) mass is 306 g/mol. The van der Waals surface area contributed by atoms with Crippen LogP contribution >= 0.6 is 0 Å². The molecule has 0 bridgehead atoms. The first-order valence-electron chi connectivity index (χ1n) is 6.86. The zero-order valence-corrected chi connectivity index (χ0v) is 12.6. The van der Waals surface area contributed by atoms with Gasteiger partial charge in [0.1, 0.15) is 0 Å². The molecule has 0 amide bonds. The van der Waals surface area contributed by atoms with Crippen LogP contribution in [0.1, 0.15) is 22.6 Å². The first-order valence-corrected chi connectivity index (χ1v) is 8.34. The topological polar surface area (TPSA) is 86.9 Å². The standard InChI is InChI=1S/C14H18N4O2S/c1-15-7-12-8-16-18-14(12)21(19,20)17-9-11-6-10-4-2-3-5-13(10)11/h2-5,8,11,15,17H,6-7,9H2,1H3,(H,16,18). The number of aromatic nitrogens is 2. The summed E-state index contributed by atoms with van der Waals surface area (Å²) < 4.78 is 27.3. The van der Waals surface area contributed by atoms with Gasteiger partial charge in [-0.2, -0.15) is 5.10 Å². The van der Waals surface area contributed by atoms with Crippen LogP contribution in [0.2, 0.25) is 0 Å². The van der Waals surface area contributed by atoms with Gasteiger partial charge in [0.25, 0.3) is 10.0 Å². The van der Waals surface area contributed by atoms with Crippen LogP contribution in [-0.2, 0) is 23.0 Å². The summed E-state index contributed by atoms with van der Waals surface area (Å²) >= 11 is 0. The van der Waals surface area contributed by atoms with E-state index in [4.69, 9.17) is 0 Å². The summed E-state index contributed by atoms with van der Waals surface area (Å²) in [6, 6.07) is 8.13. The zero-order chi connectivity index (χ0) is 14.9. The Morgan fingerprint density at radius 3 is 2.95 bits per heavy atom. The first kappa shape index (κ1) is 14.2. The van der Waals surface area contributed by atoms with Gasteiger partial charge in [-0.05, 0) is 24.6 Å². The van der Waals surface area contributed by atoms with Crippen molar-refractivity contribution in [2.24, 2.45) is 0 Å². The van der Waals surface area contributed by atoms with Crippen molar-refractivity contribution in [2.45, 2.75) is 23.9 Å². The first-order chi connectivity index (χ1) is 10.1. The van der Waals surface area contributed by atoms with Crippen LogP contribution in [0.5, 0.6) is 0 Å². The van der Waals surface area contributed by atoms with E-state index in [2.05, 4.69) is 32.4 Å². The minimum Gasteiger partial charge on any atom is -0.316 e. The summed E-state index contributed by atoms with van der Waals surface area (Å²) in [5.41, 5.74) is 3.18. The van der Waals surface area contributed by atoms with Crippen molar-refractivity contribution in [2.75, 3.05) is 13.6 Å². The minimum atomic E-state index is -3.55. The van der Waals surface area contributed by atoms with Crippen LogP contribution in [-0.4, -0.2) is 32.2 Å². The maximum atomic E-state index is 12.3. The van der Waals surface area contributed by atoms with Crippen molar-refractivity contribution in [3.05, 3.63) is 47.2 Å². The molecule has 0 spiro atoms. The molecule has 0 saturated heterocycles. The third kappa shape index (κ3) is 2.72. The van der Waals surface area contributed by atoms with Gasteiger partial charge in [-0.1, -0.05) is 24.3 Å². The molecule has 1 aromatic carbocycles. The molecule has 0 radical (unpaired) electrons. The van der Waals surface area contributed by atoms with E-state index in [1.807, 2.05) is 12.1 Å². The van der Waals surface area contributed by atoms with Gasteiger partial charge in [0.05, 0.1) is 6.20 Å². The third-order valence-electron chi connectivity index (χ3n) is 3.80. The summed E-state index contributed by atoms with van der Waals surface area (Å²) in [4.78, 5) is 0. The lowest BCUT2D eigenvalue weighted by atomic mass is 9.78. The molecule has 2 aromatic rings.